The van der Waals surface area contributed by atoms with Gasteiger partial charge in [-0.3, -0.25) is 9.59 Å². The van der Waals surface area contributed by atoms with Crippen LogP contribution in [0.2, 0.25) is 0 Å². The molecule has 0 aromatic carbocycles. The minimum absolute atomic E-state index is 0.0330. The van der Waals surface area contributed by atoms with Crippen LogP contribution in [-0.2, 0) is 14.3 Å². The molecule has 4 nitrogen and oxygen atoms in total. The third-order valence-corrected chi connectivity index (χ3v) is 3.04. The molecule has 3 saturated heterocycles. The third-order valence-electron chi connectivity index (χ3n) is 3.04. The van der Waals surface area contributed by atoms with Crippen LogP contribution < -0.4 is 0 Å². The zero-order valence-corrected chi connectivity index (χ0v) is 7.66. The zero-order chi connectivity index (χ0) is 9.42. The second kappa shape index (κ2) is 3.01. The van der Waals surface area contributed by atoms with Crippen molar-refractivity contribution >= 4 is 11.9 Å². The van der Waals surface area contributed by atoms with Crippen molar-refractivity contribution in [2.75, 3.05) is 20.2 Å². The van der Waals surface area contributed by atoms with E-state index in [1.165, 1.54) is 7.11 Å². The number of rotatable bonds is 1. The SMILES string of the molecule is COC(=O)[C@H]1C(=O)N2CCC1CC2. The summed E-state index contributed by atoms with van der Waals surface area (Å²) in [7, 11) is 1.34. The first-order valence-corrected chi connectivity index (χ1v) is 4.60. The highest BCUT2D eigenvalue weighted by molar-refractivity contribution is 5.99. The van der Waals surface area contributed by atoms with Gasteiger partial charge in [-0.2, -0.15) is 0 Å². The third kappa shape index (κ3) is 1.20. The van der Waals surface area contributed by atoms with Gasteiger partial charge >= 0.3 is 5.97 Å². The Labute approximate surface area is 76.8 Å². The van der Waals surface area contributed by atoms with E-state index in [0.29, 0.717) is 0 Å². The summed E-state index contributed by atoms with van der Waals surface area (Å²) < 4.78 is 4.63. The summed E-state index contributed by atoms with van der Waals surface area (Å²) in [5.74, 6) is -0.675. The molecule has 0 aliphatic carbocycles. The largest absolute Gasteiger partial charge is 0.468 e. The van der Waals surface area contributed by atoms with Crippen molar-refractivity contribution in [2.45, 2.75) is 12.8 Å². The maximum Gasteiger partial charge on any atom is 0.318 e. The molecule has 0 spiro atoms. The average Bonchev–Trinajstić information content (AvgIpc) is 2.18. The number of carbonyl (C=O) groups excluding carboxylic acids is 2. The molecule has 0 saturated carbocycles. The second-order valence-corrected chi connectivity index (χ2v) is 3.66. The molecule has 0 unspecified atom stereocenters. The number of fused-ring (bicyclic) bond motifs is 3. The fraction of sp³-hybridized carbons (Fsp3) is 0.778. The molecule has 0 N–H and O–H groups in total. The highest BCUT2D eigenvalue weighted by Crippen LogP contribution is 2.33. The van der Waals surface area contributed by atoms with Crippen LogP contribution in [0.25, 0.3) is 0 Å². The maximum atomic E-state index is 11.6. The fourth-order valence-corrected chi connectivity index (χ4v) is 2.27. The van der Waals surface area contributed by atoms with Crippen LogP contribution in [0, 0.1) is 11.8 Å². The van der Waals surface area contributed by atoms with E-state index in [4.69, 9.17) is 0 Å². The Balaban J connectivity index is 2.18. The molecule has 0 radical (unpaired) electrons. The zero-order valence-electron chi connectivity index (χ0n) is 7.66. The quantitative estimate of drug-likeness (QED) is 0.425. The van der Waals surface area contributed by atoms with Crippen LogP contribution in [-0.4, -0.2) is 37.0 Å². The molecule has 72 valence electrons. The van der Waals surface area contributed by atoms with E-state index in [2.05, 4.69) is 4.74 Å². The number of hydrogen-bond donors (Lipinski definition) is 0. The molecule has 3 heterocycles. The van der Waals surface area contributed by atoms with Gasteiger partial charge in [0, 0.05) is 13.1 Å². The lowest BCUT2D eigenvalue weighted by Gasteiger charge is -2.42. The van der Waals surface area contributed by atoms with E-state index in [0.717, 1.165) is 25.9 Å². The highest BCUT2D eigenvalue weighted by atomic mass is 16.5. The first-order chi connectivity index (χ1) is 6.24. The number of ether oxygens (including phenoxy) is 1. The van der Waals surface area contributed by atoms with Gasteiger partial charge in [0.05, 0.1) is 7.11 Å². The number of piperidine rings is 3. The Morgan fingerprint density at radius 2 is 2.08 bits per heavy atom. The second-order valence-electron chi connectivity index (χ2n) is 3.66. The Hall–Kier alpha value is -1.06. The van der Waals surface area contributed by atoms with Crippen molar-refractivity contribution in [3.8, 4) is 0 Å². The molecular weight excluding hydrogens is 170 g/mol. The lowest BCUT2D eigenvalue weighted by molar-refractivity contribution is -0.163. The van der Waals surface area contributed by atoms with E-state index < -0.39 is 5.92 Å². The van der Waals surface area contributed by atoms with Gasteiger partial charge in [0.15, 0.2) is 0 Å². The molecule has 0 aromatic heterocycles. The number of amides is 1. The van der Waals surface area contributed by atoms with Gasteiger partial charge < -0.3 is 9.64 Å². The summed E-state index contributed by atoms with van der Waals surface area (Å²) in [5.41, 5.74) is 0. The van der Waals surface area contributed by atoms with E-state index in [1.54, 1.807) is 4.90 Å². The van der Waals surface area contributed by atoms with Crippen molar-refractivity contribution in [2.24, 2.45) is 11.8 Å². The Morgan fingerprint density at radius 1 is 1.46 bits per heavy atom. The minimum atomic E-state index is -0.507. The molecular formula is C9H13NO3. The monoisotopic (exact) mass is 183 g/mol. The predicted molar refractivity (Wildman–Crippen MR) is 44.8 cm³/mol. The molecule has 4 heteroatoms. The molecule has 1 amide bonds. The normalized spacial score (nSPS) is 32.1. The van der Waals surface area contributed by atoms with Gasteiger partial charge in [-0.1, -0.05) is 0 Å². The summed E-state index contributed by atoms with van der Waals surface area (Å²) in [6, 6.07) is 0. The van der Waals surface area contributed by atoms with Gasteiger partial charge in [0.2, 0.25) is 5.91 Å². The first-order valence-electron chi connectivity index (χ1n) is 4.60. The van der Waals surface area contributed by atoms with Gasteiger partial charge in [-0.05, 0) is 18.8 Å². The van der Waals surface area contributed by atoms with Crippen molar-refractivity contribution in [3.05, 3.63) is 0 Å². The van der Waals surface area contributed by atoms with Gasteiger partial charge in [0.25, 0.3) is 0 Å². The van der Waals surface area contributed by atoms with Crippen molar-refractivity contribution in [1.29, 1.82) is 0 Å². The van der Waals surface area contributed by atoms with Crippen LogP contribution >= 0.6 is 0 Å². The first kappa shape index (κ1) is 8.53. The molecule has 2 bridgehead atoms. The Morgan fingerprint density at radius 3 is 2.54 bits per heavy atom. The van der Waals surface area contributed by atoms with Crippen molar-refractivity contribution in [1.82, 2.24) is 4.90 Å². The molecule has 1 atom stereocenters. The van der Waals surface area contributed by atoms with E-state index >= 15 is 0 Å². The Bertz CT molecular complexity index is 243. The van der Waals surface area contributed by atoms with Crippen LogP contribution in [0.1, 0.15) is 12.8 Å². The van der Waals surface area contributed by atoms with Gasteiger partial charge in [-0.15, -0.1) is 0 Å². The maximum absolute atomic E-state index is 11.6. The summed E-state index contributed by atoms with van der Waals surface area (Å²) >= 11 is 0. The van der Waals surface area contributed by atoms with Crippen LogP contribution in [0.15, 0.2) is 0 Å². The fourth-order valence-electron chi connectivity index (χ4n) is 2.27. The summed E-state index contributed by atoms with van der Waals surface area (Å²) in [5, 5.41) is 0. The molecule has 3 fully saturated rings. The highest BCUT2D eigenvalue weighted by Gasteiger charge is 2.45. The van der Waals surface area contributed by atoms with Crippen molar-refractivity contribution in [3.63, 3.8) is 0 Å². The number of carbonyl (C=O) groups is 2. The predicted octanol–water partition coefficient (Wildman–Crippen LogP) is 0.0278. The standard InChI is InChI=1S/C9H13NO3/c1-13-9(12)7-6-2-4-10(5-3-6)8(7)11/h6-7H,2-5H2,1H3/t7-/m1/s1. The van der Waals surface area contributed by atoms with Crippen LogP contribution in [0.3, 0.4) is 0 Å². The van der Waals surface area contributed by atoms with E-state index in [9.17, 15) is 9.59 Å². The van der Waals surface area contributed by atoms with E-state index in [-0.39, 0.29) is 17.8 Å². The van der Waals surface area contributed by atoms with Gasteiger partial charge in [-0.25, -0.2) is 0 Å². The molecule has 13 heavy (non-hydrogen) atoms. The smallest absolute Gasteiger partial charge is 0.318 e. The molecule has 3 aliphatic heterocycles. The molecule has 3 aliphatic rings. The van der Waals surface area contributed by atoms with Gasteiger partial charge in [0.1, 0.15) is 5.92 Å². The van der Waals surface area contributed by atoms with Crippen LogP contribution in [0.5, 0.6) is 0 Å². The summed E-state index contributed by atoms with van der Waals surface area (Å²) in [4.78, 5) is 24.7. The molecule has 3 rings (SSSR count). The topological polar surface area (TPSA) is 46.6 Å². The lowest BCUT2D eigenvalue weighted by atomic mass is 9.78. The summed E-state index contributed by atoms with van der Waals surface area (Å²) in [6.07, 6.45) is 1.90. The minimum Gasteiger partial charge on any atom is -0.468 e. The number of nitrogens with zero attached hydrogens (tertiary/aromatic N) is 1. The molecule has 0 aromatic rings. The van der Waals surface area contributed by atoms with Crippen LogP contribution in [0.4, 0.5) is 0 Å². The number of methoxy groups -OCH3 is 1. The van der Waals surface area contributed by atoms with E-state index in [1.807, 2.05) is 0 Å². The lowest BCUT2D eigenvalue weighted by Crippen LogP contribution is -2.54. The summed E-state index contributed by atoms with van der Waals surface area (Å²) in [6.45, 7) is 1.63. The Kier molecular flexibility index (Phi) is 1.98. The average molecular weight is 183 g/mol. The van der Waals surface area contributed by atoms with Crippen molar-refractivity contribution < 1.29 is 14.3 Å². The number of hydrogen-bond acceptors (Lipinski definition) is 3. The number of esters is 1.